The molecule has 0 radical (unpaired) electrons. The van der Waals surface area contributed by atoms with Crippen LogP contribution in [0.15, 0.2) is 24.4 Å². The Labute approximate surface area is 156 Å². The lowest BCUT2D eigenvalue weighted by Crippen LogP contribution is -2.33. The van der Waals surface area contributed by atoms with E-state index < -0.39 is 0 Å². The molecule has 0 bridgehead atoms. The summed E-state index contributed by atoms with van der Waals surface area (Å²) in [6.07, 6.45) is 5.22. The van der Waals surface area contributed by atoms with Crippen LogP contribution in [0, 0.1) is 12.8 Å². The van der Waals surface area contributed by atoms with E-state index >= 15 is 0 Å². The molecular weight excluding hydrogens is 348 g/mol. The fraction of sp³-hybridized carbons (Fsp3) is 0.474. The zero-order valence-electron chi connectivity index (χ0n) is 14.9. The van der Waals surface area contributed by atoms with Gasteiger partial charge in [0.05, 0.1) is 10.6 Å². The smallest absolute Gasteiger partial charge is 0.322 e. The van der Waals surface area contributed by atoms with Crippen molar-refractivity contribution in [1.82, 2.24) is 14.9 Å². The molecule has 0 atom stereocenters. The van der Waals surface area contributed by atoms with Crippen LogP contribution < -0.4 is 4.90 Å². The Bertz CT molecular complexity index is 816. The Hall–Kier alpha value is -2.28. The lowest BCUT2D eigenvalue weighted by Gasteiger charge is -2.16. The van der Waals surface area contributed by atoms with Crippen LogP contribution >= 0.6 is 11.3 Å². The molecule has 136 valence electrons. The van der Waals surface area contributed by atoms with E-state index in [0.29, 0.717) is 41.0 Å². The third kappa shape index (κ3) is 3.62. The quantitative estimate of drug-likeness (QED) is 0.701. The molecule has 4 rings (SSSR count). The fourth-order valence-electron chi connectivity index (χ4n) is 3.20. The van der Waals surface area contributed by atoms with Gasteiger partial charge in [-0.1, -0.05) is 17.4 Å². The van der Waals surface area contributed by atoms with Crippen LogP contribution in [-0.2, 0) is 6.42 Å². The number of carbonyl (C=O) groups is 2. The molecule has 7 heteroatoms. The van der Waals surface area contributed by atoms with Gasteiger partial charge < -0.3 is 4.90 Å². The van der Waals surface area contributed by atoms with Crippen molar-refractivity contribution in [2.45, 2.75) is 32.6 Å². The van der Waals surface area contributed by atoms with Crippen molar-refractivity contribution in [1.29, 1.82) is 0 Å². The minimum absolute atomic E-state index is 0.0261. The second-order valence-corrected chi connectivity index (χ2v) is 7.96. The Morgan fingerprint density at radius 1 is 1.31 bits per heavy atom. The van der Waals surface area contributed by atoms with E-state index in [1.807, 2.05) is 30.0 Å². The summed E-state index contributed by atoms with van der Waals surface area (Å²) in [5.74, 6) is 0.749. The van der Waals surface area contributed by atoms with Crippen molar-refractivity contribution in [2.24, 2.45) is 5.92 Å². The summed E-state index contributed by atoms with van der Waals surface area (Å²) >= 11 is 1.34. The summed E-state index contributed by atoms with van der Waals surface area (Å²) in [7, 11) is 0. The normalized spacial score (nSPS) is 17.2. The largest absolute Gasteiger partial charge is 0.326 e. The third-order valence-corrected chi connectivity index (χ3v) is 6.10. The number of carbonyl (C=O) groups excluding carboxylic acids is 2. The summed E-state index contributed by atoms with van der Waals surface area (Å²) < 4.78 is 0. The number of amides is 2. The summed E-state index contributed by atoms with van der Waals surface area (Å²) in [6, 6.07) is 5.74. The van der Waals surface area contributed by atoms with E-state index in [-0.39, 0.29) is 11.8 Å². The van der Waals surface area contributed by atoms with E-state index in [4.69, 9.17) is 0 Å². The van der Waals surface area contributed by atoms with Gasteiger partial charge in [0.15, 0.2) is 10.9 Å². The molecule has 26 heavy (non-hydrogen) atoms. The molecule has 1 saturated carbocycles. The van der Waals surface area contributed by atoms with Crippen LogP contribution in [-0.4, -0.2) is 46.3 Å². The van der Waals surface area contributed by atoms with Crippen LogP contribution in [0.4, 0.5) is 9.93 Å². The van der Waals surface area contributed by atoms with Crippen LogP contribution in [0.2, 0.25) is 0 Å². The zero-order chi connectivity index (χ0) is 18.1. The Kier molecular flexibility index (Phi) is 4.72. The number of anilines is 1. The van der Waals surface area contributed by atoms with Gasteiger partial charge in [-0.05, 0) is 44.2 Å². The highest BCUT2D eigenvalue weighted by Crippen LogP contribution is 2.33. The molecule has 1 aliphatic heterocycles. The highest BCUT2D eigenvalue weighted by Gasteiger charge is 2.35. The Morgan fingerprint density at radius 2 is 2.15 bits per heavy atom. The van der Waals surface area contributed by atoms with Gasteiger partial charge in [0.2, 0.25) is 0 Å². The summed E-state index contributed by atoms with van der Waals surface area (Å²) in [6.45, 7) is 4.10. The first-order chi connectivity index (χ1) is 12.6. The maximum absolute atomic E-state index is 12.6. The molecule has 0 spiro atoms. The van der Waals surface area contributed by atoms with Gasteiger partial charge in [-0.25, -0.2) is 9.78 Å². The number of hydrogen-bond donors (Lipinski definition) is 0. The molecule has 2 aromatic rings. The van der Waals surface area contributed by atoms with E-state index in [0.717, 1.165) is 18.8 Å². The summed E-state index contributed by atoms with van der Waals surface area (Å²) in [4.78, 5) is 38.2. The average Bonchev–Trinajstić information content (AvgIpc) is 3.28. The number of rotatable bonds is 7. The molecule has 1 aliphatic carbocycles. The van der Waals surface area contributed by atoms with E-state index in [2.05, 4.69) is 9.97 Å². The predicted molar refractivity (Wildman–Crippen MR) is 101 cm³/mol. The Morgan fingerprint density at radius 3 is 2.88 bits per heavy atom. The number of urea groups is 1. The van der Waals surface area contributed by atoms with Crippen LogP contribution in [0.25, 0.3) is 0 Å². The van der Waals surface area contributed by atoms with Crippen LogP contribution in [0.1, 0.15) is 40.3 Å². The minimum Gasteiger partial charge on any atom is -0.322 e. The maximum Gasteiger partial charge on any atom is 0.326 e. The summed E-state index contributed by atoms with van der Waals surface area (Å²) in [5.41, 5.74) is 1.62. The standard InChI is InChI=1S/C19H22N4O2S/c1-13-17(16(24)8-7-15-4-2-3-9-20-15)26-18(21-13)23-11-10-22(19(23)25)12-14-5-6-14/h2-4,9,14H,5-8,10-12H2,1H3. The lowest BCUT2D eigenvalue weighted by atomic mass is 10.1. The lowest BCUT2D eigenvalue weighted by molar-refractivity contribution is 0.0985. The first-order valence-corrected chi connectivity index (χ1v) is 9.90. The molecule has 2 aromatic heterocycles. The molecule has 0 unspecified atom stereocenters. The third-order valence-electron chi connectivity index (χ3n) is 4.87. The molecule has 6 nitrogen and oxygen atoms in total. The van der Waals surface area contributed by atoms with Crippen molar-refractivity contribution in [2.75, 3.05) is 24.5 Å². The molecule has 1 saturated heterocycles. The number of Topliss-reactive ketones (excluding diaryl/α,β-unsaturated/α-hetero) is 1. The Balaban J connectivity index is 1.42. The number of nitrogens with zero attached hydrogens (tertiary/aromatic N) is 4. The molecular formula is C19H22N4O2S. The van der Waals surface area contributed by atoms with Crippen LogP contribution in [0.5, 0.6) is 0 Å². The van der Waals surface area contributed by atoms with Crippen LogP contribution in [0.3, 0.4) is 0 Å². The molecule has 0 N–H and O–H groups in total. The van der Waals surface area contributed by atoms with Crippen molar-refractivity contribution in [3.63, 3.8) is 0 Å². The van der Waals surface area contributed by atoms with Gasteiger partial charge in [0.25, 0.3) is 0 Å². The van der Waals surface area contributed by atoms with Crippen molar-refractivity contribution >= 4 is 28.3 Å². The number of thiazole rings is 1. The fourth-order valence-corrected chi connectivity index (χ4v) is 4.25. The SMILES string of the molecule is Cc1nc(N2CCN(CC3CC3)C2=O)sc1C(=O)CCc1ccccn1. The second kappa shape index (κ2) is 7.15. The van der Waals surface area contributed by atoms with Gasteiger partial charge in [0.1, 0.15) is 0 Å². The van der Waals surface area contributed by atoms with E-state index in [9.17, 15) is 9.59 Å². The highest BCUT2D eigenvalue weighted by molar-refractivity contribution is 7.17. The van der Waals surface area contributed by atoms with Crippen molar-refractivity contribution in [3.05, 3.63) is 40.7 Å². The number of pyridine rings is 1. The predicted octanol–water partition coefficient (Wildman–Crippen LogP) is 3.31. The first kappa shape index (κ1) is 17.1. The van der Waals surface area contributed by atoms with Gasteiger partial charge in [-0.15, -0.1) is 0 Å². The highest BCUT2D eigenvalue weighted by atomic mass is 32.1. The van der Waals surface area contributed by atoms with Gasteiger partial charge in [-0.2, -0.15) is 0 Å². The molecule has 2 fully saturated rings. The van der Waals surface area contributed by atoms with Gasteiger partial charge in [-0.3, -0.25) is 14.7 Å². The molecule has 3 heterocycles. The van der Waals surface area contributed by atoms with Gasteiger partial charge >= 0.3 is 6.03 Å². The zero-order valence-corrected chi connectivity index (χ0v) is 15.7. The molecule has 0 aromatic carbocycles. The molecule has 2 aliphatic rings. The maximum atomic E-state index is 12.6. The van der Waals surface area contributed by atoms with E-state index in [1.165, 1.54) is 24.2 Å². The topological polar surface area (TPSA) is 66.4 Å². The minimum atomic E-state index is 0.0261. The number of aromatic nitrogens is 2. The number of aryl methyl sites for hydroxylation is 2. The second-order valence-electron chi connectivity index (χ2n) is 6.98. The first-order valence-electron chi connectivity index (χ1n) is 9.09. The van der Waals surface area contributed by atoms with Gasteiger partial charge in [0, 0.05) is 37.9 Å². The number of hydrogen-bond acceptors (Lipinski definition) is 5. The van der Waals surface area contributed by atoms with Crippen molar-refractivity contribution in [3.8, 4) is 0 Å². The summed E-state index contributed by atoms with van der Waals surface area (Å²) in [5, 5.41) is 0.645. The van der Waals surface area contributed by atoms with Crippen molar-refractivity contribution < 1.29 is 9.59 Å². The number of ketones is 1. The monoisotopic (exact) mass is 370 g/mol. The van der Waals surface area contributed by atoms with E-state index in [1.54, 1.807) is 11.1 Å². The molecule has 2 amide bonds. The average molecular weight is 370 g/mol.